The third-order valence-corrected chi connectivity index (χ3v) is 3.87. The Morgan fingerprint density at radius 1 is 1.42 bits per heavy atom. The molecule has 1 aromatic heterocycles. The van der Waals surface area contributed by atoms with Gasteiger partial charge in [0.1, 0.15) is 5.15 Å². The van der Waals surface area contributed by atoms with Crippen LogP contribution in [0.5, 0.6) is 0 Å². The Hall–Kier alpha value is -0.390. The van der Waals surface area contributed by atoms with E-state index in [1.165, 1.54) is 0 Å². The van der Waals surface area contributed by atoms with E-state index in [2.05, 4.69) is 14.8 Å². The van der Waals surface area contributed by atoms with Crippen molar-refractivity contribution in [1.29, 1.82) is 0 Å². The zero-order valence-corrected chi connectivity index (χ0v) is 12.7. The van der Waals surface area contributed by atoms with E-state index < -0.39 is 0 Å². The molecule has 106 valence electrons. The largest absolute Gasteiger partial charge is 0.392 e. The third-order valence-electron chi connectivity index (χ3n) is 3.32. The number of aliphatic hydroxyl groups excluding tert-OH is 1. The van der Waals surface area contributed by atoms with Crippen LogP contribution in [0.4, 0.5) is 0 Å². The molecule has 1 N–H and O–H groups in total. The molecule has 0 radical (unpaired) electrons. The van der Waals surface area contributed by atoms with Crippen LogP contribution in [0.3, 0.4) is 0 Å². The van der Waals surface area contributed by atoms with E-state index in [-0.39, 0.29) is 6.10 Å². The van der Waals surface area contributed by atoms with Crippen molar-refractivity contribution in [1.82, 2.24) is 14.8 Å². The maximum atomic E-state index is 9.85. The summed E-state index contributed by atoms with van der Waals surface area (Å²) < 4.78 is 0. The number of hydrogen-bond acceptors (Lipinski definition) is 4. The number of hydrogen-bond donors (Lipinski definition) is 1. The van der Waals surface area contributed by atoms with Gasteiger partial charge in [-0.2, -0.15) is 0 Å². The molecule has 2 rings (SSSR count). The summed E-state index contributed by atoms with van der Waals surface area (Å²) in [5.41, 5.74) is 0.770. The smallest absolute Gasteiger partial charge is 0.129 e. The quantitative estimate of drug-likeness (QED) is 0.862. The minimum absolute atomic E-state index is 0.275. The lowest BCUT2D eigenvalue weighted by atomic mass is 10.2. The first-order valence-electron chi connectivity index (χ1n) is 6.33. The fraction of sp³-hybridized carbons (Fsp3) is 0.615. The van der Waals surface area contributed by atoms with Crippen LogP contribution in [0.2, 0.25) is 10.2 Å². The Labute approximate surface area is 123 Å². The summed E-state index contributed by atoms with van der Waals surface area (Å²) in [5, 5.41) is 10.9. The highest BCUT2D eigenvalue weighted by Crippen LogP contribution is 2.24. The minimum atomic E-state index is -0.275. The molecule has 1 aromatic rings. The molecule has 19 heavy (non-hydrogen) atoms. The van der Waals surface area contributed by atoms with E-state index in [1.54, 1.807) is 12.1 Å². The fourth-order valence-electron chi connectivity index (χ4n) is 2.52. The van der Waals surface area contributed by atoms with Crippen molar-refractivity contribution < 1.29 is 5.11 Å². The van der Waals surface area contributed by atoms with Gasteiger partial charge in [-0.25, -0.2) is 4.98 Å². The maximum Gasteiger partial charge on any atom is 0.129 e. The molecule has 2 heterocycles. The molecule has 0 amide bonds. The summed E-state index contributed by atoms with van der Waals surface area (Å²) in [6, 6.07) is 3.77. The first-order valence-corrected chi connectivity index (χ1v) is 7.09. The monoisotopic (exact) mass is 303 g/mol. The van der Waals surface area contributed by atoms with Gasteiger partial charge in [0.25, 0.3) is 0 Å². The van der Waals surface area contributed by atoms with Crippen LogP contribution < -0.4 is 0 Å². The summed E-state index contributed by atoms with van der Waals surface area (Å²) in [5.74, 6) is 0. The summed E-state index contributed by atoms with van der Waals surface area (Å²) in [6.07, 6.45) is 0.513. The zero-order valence-electron chi connectivity index (χ0n) is 11.2. The van der Waals surface area contributed by atoms with E-state index in [9.17, 15) is 5.11 Å². The number of nitrogens with zero attached hydrogens (tertiary/aromatic N) is 3. The van der Waals surface area contributed by atoms with Crippen LogP contribution in [-0.2, 0) is 6.54 Å². The average Bonchev–Trinajstić information content (AvgIpc) is 2.63. The first kappa shape index (κ1) is 15.0. The van der Waals surface area contributed by atoms with Gasteiger partial charge in [0.15, 0.2) is 0 Å². The number of likely N-dealkylation sites (tertiary alicyclic amines) is 1. The van der Waals surface area contributed by atoms with Gasteiger partial charge < -0.3 is 10.0 Å². The Balaban J connectivity index is 2.09. The lowest BCUT2D eigenvalue weighted by Crippen LogP contribution is -2.37. The molecular weight excluding hydrogens is 285 g/mol. The van der Waals surface area contributed by atoms with Crippen molar-refractivity contribution >= 4 is 23.2 Å². The van der Waals surface area contributed by atoms with Crippen LogP contribution in [0.15, 0.2) is 12.1 Å². The fourth-order valence-corrected chi connectivity index (χ4v) is 2.85. The molecule has 0 spiro atoms. The van der Waals surface area contributed by atoms with Crippen LogP contribution in [0.1, 0.15) is 12.1 Å². The Morgan fingerprint density at radius 2 is 2.16 bits per heavy atom. The Kier molecular flexibility index (Phi) is 5.03. The molecular formula is C13H19Cl2N3O. The van der Waals surface area contributed by atoms with E-state index in [0.717, 1.165) is 18.7 Å². The van der Waals surface area contributed by atoms with E-state index in [1.807, 2.05) is 14.1 Å². The van der Waals surface area contributed by atoms with Gasteiger partial charge in [-0.15, -0.1) is 0 Å². The molecule has 4 nitrogen and oxygen atoms in total. The van der Waals surface area contributed by atoms with Crippen molar-refractivity contribution in [2.24, 2.45) is 0 Å². The first-order chi connectivity index (χ1) is 8.95. The Morgan fingerprint density at radius 3 is 2.84 bits per heavy atom. The SMILES string of the molecule is CN(C)CC1CC(O)CN1Cc1nc(Cl)ccc1Cl. The van der Waals surface area contributed by atoms with Gasteiger partial charge in [0.05, 0.1) is 16.8 Å². The molecule has 1 aliphatic rings. The highest BCUT2D eigenvalue weighted by atomic mass is 35.5. The molecule has 2 atom stereocenters. The van der Waals surface area contributed by atoms with Gasteiger partial charge >= 0.3 is 0 Å². The highest BCUT2D eigenvalue weighted by molar-refractivity contribution is 6.32. The van der Waals surface area contributed by atoms with Gasteiger partial charge in [-0.1, -0.05) is 23.2 Å². The number of likely N-dealkylation sites (N-methyl/N-ethyl adjacent to an activating group) is 1. The molecule has 0 saturated carbocycles. The summed E-state index contributed by atoms with van der Waals surface area (Å²) >= 11 is 12.0. The van der Waals surface area contributed by atoms with E-state index >= 15 is 0 Å². The number of β-amino-alcohol motifs (C(OH)–C–C–N with tert-alkyl or cyclic N) is 1. The van der Waals surface area contributed by atoms with E-state index in [4.69, 9.17) is 23.2 Å². The van der Waals surface area contributed by atoms with Gasteiger partial charge in [-0.3, -0.25) is 4.90 Å². The van der Waals surface area contributed by atoms with Crippen molar-refractivity contribution in [3.8, 4) is 0 Å². The van der Waals surface area contributed by atoms with Gasteiger partial charge in [-0.05, 0) is 32.6 Å². The van der Waals surface area contributed by atoms with Crippen LogP contribution >= 0.6 is 23.2 Å². The lowest BCUT2D eigenvalue weighted by Gasteiger charge is -2.26. The molecule has 0 bridgehead atoms. The normalized spacial score (nSPS) is 24.3. The second-order valence-electron chi connectivity index (χ2n) is 5.30. The molecule has 6 heteroatoms. The number of rotatable bonds is 4. The Bertz CT molecular complexity index is 442. The summed E-state index contributed by atoms with van der Waals surface area (Å²) in [4.78, 5) is 8.62. The third kappa shape index (κ3) is 4.04. The van der Waals surface area contributed by atoms with Crippen molar-refractivity contribution in [2.75, 3.05) is 27.2 Å². The lowest BCUT2D eigenvalue weighted by molar-refractivity contribution is 0.168. The second-order valence-corrected chi connectivity index (χ2v) is 6.09. The van der Waals surface area contributed by atoms with Crippen LogP contribution in [0.25, 0.3) is 0 Å². The number of pyridine rings is 1. The number of halogens is 2. The van der Waals surface area contributed by atoms with Crippen molar-refractivity contribution in [3.63, 3.8) is 0 Å². The van der Waals surface area contributed by atoms with Crippen molar-refractivity contribution in [2.45, 2.75) is 25.1 Å². The maximum absolute atomic E-state index is 9.85. The van der Waals surface area contributed by atoms with Gasteiger partial charge in [0, 0.05) is 25.7 Å². The van der Waals surface area contributed by atoms with Crippen molar-refractivity contribution in [3.05, 3.63) is 28.0 Å². The zero-order chi connectivity index (χ0) is 14.0. The molecule has 1 fully saturated rings. The van der Waals surface area contributed by atoms with Crippen LogP contribution in [0, 0.1) is 0 Å². The summed E-state index contributed by atoms with van der Waals surface area (Å²) in [7, 11) is 4.07. The predicted octanol–water partition coefficient (Wildman–Crippen LogP) is 1.89. The number of aliphatic hydroxyl groups is 1. The molecule has 1 aliphatic heterocycles. The molecule has 0 aliphatic carbocycles. The molecule has 2 unspecified atom stereocenters. The summed E-state index contributed by atoms with van der Waals surface area (Å²) in [6.45, 7) is 2.19. The van der Waals surface area contributed by atoms with E-state index in [0.29, 0.717) is 29.3 Å². The van der Waals surface area contributed by atoms with Gasteiger partial charge in [0.2, 0.25) is 0 Å². The standard InChI is InChI=1S/C13H19Cl2N3O/c1-17(2)6-9-5-10(19)7-18(9)8-12-11(14)3-4-13(15)16-12/h3-4,9-10,19H,5-8H2,1-2H3. The average molecular weight is 304 g/mol. The topological polar surface area (TPSA) is 39.6 Å². The molecule has 0 aromatic carbocycles. The predicted molar refractivity (Wildman–Crippen MR) is 77.6 cm³/mol. The van der Waals surface area contributed by atoms with Crippen LogP contribution in [-0.4, -0.2) is 59.2 Å². The molecule has 1 saturated heterocycles. The minimum Gasteiger partial charge on any atom is -0.392 e. The second kappa shape index (κ2) is 6.37. The highest BCUT2D eigenvalue weighted by Gasteiger charge is 2.31. The number of aromatic nitrogens is 1.